The number of rotatable bonds is 11. The first-order valence-corrected chi connectivity index (χ1v) is 30.0. The molecule has 0 spiro atoms. The Labute approximate surface area is 556 Å². The number of benzene rings is 8. The summed E-state index contributed by atoms with van der Waals surface area (Å²) in [5.74, 6) is 0. The zero-order valence-corrected chi connectivity index (χ0v) is 59.1. The van der Waals surface area contributed by atoms with Crippen LogP contribution in [0.25, 0.3) is 87.6 Å². The zero-order chi connectivity index (χ0) is 55.5. The molecule has 0 aromatic heterocycles. The molecule has 0 unspecified atom stereocenters. The zero-order valence-electron chi connectivity index (χ0n) is 52.2. The molecule has 12 aromatic carbocycles. The quantitative estimate of drug-likeness (QED) is 0.0688. The van der Waals surface area contributed by atoms with Crippen molar-refractivity contribution in [3.63, 3.8) is 0 Å². The molecule has 0 nitrogen and oxygen atoms in total. The number of hydrogen-bond donors (Lipinski definition) is 0. The monoisotopic (exact) mass is 1290 g/mol. The van der Waals surface area contributed by atoms with E-state index in [2.05, 4.69) is 305 Å². The molecule has 0 aliphatic carbocycles. The van der Waals surface area contributed by atoms with Crippen LogP contribution in [0.3, 0.4) is 0 Å². The van der Waals surface area contributed by atoms with Crippen LogP contribution in [-0.4, -0.2) is 20.5 Å². The second-order valence-corrected chi connectivity index (χ2v) is 19.0. The number of fused-ring (bicyclic) bond motifs is 4. The molecule has 12 aromatic rings. The average Bonchev–Trinajstić information content (AvgIpc) is 4.37. The van der Waals surface area contributed by atoms with Gasteiger partial charge in [-0.3, -0.25) is 0 Å². The standard InChI is InChI=1S/4C17H15.C6H12.2CH3Si.4CH3.2Zr/c4*1-2-13-11-15-9-6-10-16(17(15)12-13)14-7-4-3-5-8-14;1-3-5-6-4-2;2*1-2;;;;;;/h4*3-12H,2H2,1H3;1-6H2;2*1H3;4*1H3;;/q4*-1;-2;;;4*-1;;. The van der Waals surface area contributed by atoms with Crippen molar-refractivity contribution in [2.75, 3.05) is 0 Å². The van der Waals surface area contributed by atoms with Crippen LogP contribution >= 0.6 is 0 Å². The van der Waals surface area contributed by atoms with Crippen LogP contribution in [0.2, 0.25) is 13.1 Å². The van der Waals surface area contributed by atoms with E-state index in [0.717, 1.165) is 38.5 Å². The molecule has 6 radical (unpaired) electrons. The van der Waals surface area contributed by atoms with Crippen molar-refractivity contribution in [1.82, 2.24) is 0 Å². The van der Waals surface area contributed by atoms with Gasteiger partial charge in [-0.25, -0.2) is 0 Å². The van der Waals surface area contributed by atoms with Gasteiger partial charge in [0.2, 0.25) is 0 Å². The second-order valence-electron chi connectivity index (χ2n) is 19.0. The van der Waals surface area contributed by atoms with Gasteiger partial charge in [0, 0.05) is 72.9 Å². The summed E-state index contributed by atoms with van der Waals surface area (Å²) in [6, 6.07) is 87.0. The van der Waals surface area contributed by atoms with Crippen LogP contribution in [0, 0.1) is 43.6 Å². The van der Waals surface area contributed by atoms with Crippen LogP contribution in [0.5, 0.6) is 0 Å². The number of hydrogen-bond acceptors (Lipinski definition) is 0. The maximum Gasteiger partial charge on any atom is 0.0184 e. The Balaban J connectivity index is 0.00000101. The van der Waals surface area contributed by atoms with Gasteiger partial charge in [-0.05, 0) is 47.9 Å². The van der Waals surface area contributed by atoms with Crippen molar-refractivity contribution in [3.05, 3.63) is 308 Å². The predicted molar refractivity (Wildman–Crippen MR) is 375 cm³/mol. The average molecular weight is 1290 g/mol. The van der Waals surface area contributed by atoms with E-state index in [1.54, 1.807) is 13.1 Å². The van der Waals surface area contributed by atoms with Gasteiger partial charge in [0.15, 0.2) is 0 Å². The predicted octanol–water partition coefficient (Wildman–Crippen LogP) is 23.6. The minimum absolute atomic E-state index is 0. The minimum Gasteiger partial charge on any atom is -0.358 e. The first-order chi connectivity index (χ1) is 38.4. The fraction of sp³-hybridized carbons (Fsp3) is 0.175. The molecule has 0 saturated carbocycles. The molecule has 0 saturated heterocycles. The van der Waals surface area contributed by atoms with Gasteiger partial charge in [0.1, 0.15) is 0 Å². The van der Waals surface area contributed by atoms with E-state index in [-0.39, 0.29) is 82.1 Å². The molecular weight excluding hydrogens is 1200 g/mol. The van der Waals surface area contributed by atoms with Crippen LogP contribution < -0.4 is 0 Å². The summed E-state index contributed by atoms with van der Waals surface area (Å²) in [6.07, 6.45) is 9.01. The van der Waals surface area contributed by atoms with Crippen LogP contribution in [-0.2, 0) is 78.1 Å². The number of aryl methyl sites for hydroxylation is 4. The van der Waals surface area contributed by atoms with Gasteiger partial charge in [-0.15, -0.1) is 138 Å². The summed E-state index contributed by atoms with van der Waals surface area (Å²) >= 11 is 0. The molecule has 84 heavy (non-hydrogen) atoms. The summed E-state index contributed by atoms with van der Waals surface area (Å²) < 4.78 is 0. The summed E-state index contributed by atoms with van der Waals surface area (Å²) in [6.45, 7) is 19.8. The van der Waals surface area contributed by atoms with Crippen molar-refractivity contribution in [2.24, 2.45) is 0 Å². The Morgan fingerprint density at radius 2 is 0.476 bits per heavy atom. The maximum atomic E-state index is 3.70. The van der Waals surface area contributed by atoms with E-state index < -0.39 is 0 Å². The third-order valence-corrected chi connectivity index (χ3v) is 14.0. The summed E-state index contributed by atoms with van der Waals surface area (Å²) in [4.78, 5) is 0. The van der Waals surface area contributed by atoms with E-state index >= 15 is 0 Å². The fourth-order valence-electron chi connectivity index (χ4n) is 9.84. The SMILES string of the molecule is CCc1cc2c(-c3ccccc3)cccc2[cH-]1.CCc1cc2c(-c3ccccc3)cccc2[cH-]1.CCc1cc2c(-c3ccccc3)cccc2[cH-]1.CCc1cc2c(-c3ccccc3)cccc2[cH-]1.C[Si].C[Si].[CH2-]CCCC[CH2-].[CH3-].[CH3-].[CH3-].[CH3-].[Zr].[Zr]. The Morgan fingerprint density at radius 1 is 0.286 bits per heavy atom. The molecule has 0 atom stereocenters. The maximum absolute atomic E-state index is 3.70. The van der Waals surface area contributed by atoms with E-state index in [0.29, 0.717) is 0 Å². The summed E-state index contributed by atoms with van der Waals surface area (Å²) in [5, 5.41) is 10.9. The molecule has 0 amide bonds. The van der Waals surface area contributed by atoms with E-state index in [1.807, 2.05) is 0 Å². The second kappa shape index (κ2) is 43.1. The molecule has 0 heterocycles. The molecule has 0 fully saturated rings. The summed E-state index contributed by atoms with van der Waals surface area (Å²) in [5.41, 5.74) is 16.2. The molecule has 0 N–H and O–H groups in total. The smallest absolute Gasteiger partial charge is 0.0184 e. The normalized spacial score (nSPS) is 9.60. The molecule has 4 heteroatoms. The molecular formula is C80H90Si2Zr2-10. The van der Waals surface area contributed by atoms with Crippen LogP contribution in [0.4, 0.5) is 0 Å². The number of unbranched alkanes of at least 4 members (excludes halogenated alkanes) is 3. The Bertz CT molecular complexity index is 3090. The largest absolute Gasteiger partial charge is 0.358 e. The fourth-order valence-corrected chi connectivity index (χ4v) is 9.84. The van der Waals surface area contributed by atoms with Gasteiger partial charge in [-0.1, -0.05) is 221 Å². The van der Waals surface area contributed by atoms with Crippen molar-refractivity contribution < 1.29 is 52.4 Å². The van der Waals surface area contributed by atoms with Gasteiger partial charge < -0.3 is 43.6 Å². The van der Waals surface area contributed by atoms with E-state index in [9.17, 15) is 0 Å². The van der Waals surface area contributed by atoms with Gasteiger partial charge in [0.25, 0.3) is 0 Å². The van der Waals surface area contributed by atoms with Crippen molar-refractivity contribution in [2.45, 2.75) is 92.2 Å². The first-order valence-electron chi connectivity index (χ1n) is 28.0. The van der Waals surface area contributed by atoms with Crippen molar-refractivity contribution >= 4 is 63.6 Å². The first kappa shape index (κ1) is 78.4. The Hall–Kier alpha value is -5.60. The third kappa shape index (κ3) is 21.7. The molecule has 0 bridgehead atoms. The molecule has 436 valence electrons. The molecule has 12 rings (SSSR count). The van der Waals surface area contributed by atoms with E-state index in [1.165, 1.54) is 123 Å². The van der Waals surface area contributed by atoms with Crippen molar-refractivity contribution in [1.29, 1.82) is 0 Å². The Kier molecular flexibility index (Phi) is 40.2. The van der Waals surface area contributed by atoms with E-state index in [4.69, 9.17) is 0 Å². The van der Waals surface area contributed by atoms with Crippen molar-refractivity contribution in [3.8, 4) is 44.5 Å². The minimum atomic E-state index is 0. The molecule has 0 aliphatic heterocycles. The van der Waals surface area contributed by atoms with Crippen LogP contribution in [0.1, 0.15) is 75.6 Å². The van der Waals surface area contributed by atoms with Gasteiger partial charge >= 0.3 is 0 Å². The van der Waals surface area contributed by atoms with Gasteiger partial charge in [-0.2, -0.15) is 37.1 Å². The topological polar surface area (TPSA) is 0 Å². The van der Waals surface area contributed by atoms with Gasteiger partial charge in [0.05, 0.1) is 0 Å². The third-order valence-electron chi connectivity index (χ3n) is 14.0. The Morgan fingerprint density at radius 3 is 0.643 bits per heavy atom. The summed E-state index contributed by atoms with van der Waals surface area (Å²) in [7, 11) is 5.94. The van der Waals surface area contributed by atoms with Crippen LogP contribution in [0.15, 0.2) is 243 Å². The molecule has 0 aliphatic rings.